The summed E-state index contributed by atoms with van der Waals surface area (Å²) in [5.74, 6) is -0.776. The van der Waals surface area contributed by atoms with Gasteiger partial charge in [0.15, 0.2) is 0 Å². The summed E-state index contributed by atoms with van der Waals surface area (Å²) in [4.78, 5) is 24.7. The van der Waals surface area contributed by atoms with E-state index in [4.69, 9.17) is 0 Å². The van der Waals surface area contributed by atoms with E-state index >= 15 is 0 Å². The molecule has 3 N–H and O–H groups in total. The molecule has 3 atom stereocenters. The summed E-state index contributed by atoms with van der Waals surface area (Å²) in [6.45, 7) is 16.1. The molecule has 178 valence electrons. The van der Waals surface area contributed by atoms with Crippen molar-refractivity contribution in [3.8, 4) is 0 Å². The third-order valence-corrected chi connectivity index (χ3v) is 6.10. The van der Waals surface area contributed by atoms with Crippen LogP contribution in [-0.4, -0.2) is 36.1 Å². The van der Waals surface area contributed by atoms with Crippen LogP contribution in [0.3, 0.4) is 0 Å². The summed E-state index contributed by atoms with van der Waals surface area (Å²) in [7, 11) is 1.81. The SMILES string of the molecule is CN[C@H](C(=O)N[C@H](/C=C/C(/C=C(\C)C(=O)O)C(C)C)C(C)(C)C)C(C)(C)c1ccccc1. The van der Waals surface area contributed by atoms with Crippen molar-refractivity contribution in [2.24, 2.45) is 17.3 Å². The number of carboxylic acid groups (broad SMARTS) is 1. The van der Waals surface area contributed by atoms with Crippen molar-refractivity contribution in [1.29, 1.82) is 0 Å². The molecule has 1 unspecified atom stereocenters. The summed E-state index contributed by atoms with van der Waals surface area (Å²) in [6, 6.07) is 9.41. The van der Waals surface area contributed by atoms with Gasteiger partial charge in [0.2, 0.25) is 5.91 Å². The Bertz CT molecular complexity index is 817. The molecule has 1 aromatic carbocycles. The number of hydrogen-bond donors (Lipinski definition) is 3. The van der Waals surface area contributed by atoms with Crippen LogP contribution in [0.4, 0.5) is 0 Å². The first kappa shape index (κ1) is 27.6. The van der Waals surface area contributed by atoms with Crippen LogP contribution in [0, 0.1) is 17.3 Å². The van der Waals surface area contributed by atoms with E-state index in [1.54, 1.807) is 13.0 Å². The molecule has 0 radical (unpaired) electrons. The van der Waals surface area contributed by atoms with E-state index in [1.807, 2.05) is 49.5 Å². The number of carbonyl (C=O) groups is 2. The van der Waals surface area contributed by atoms with Gasteiger partial charge in [0.05, 0.1) is 12.1 Å². The molecule has 0 aliphatic carbocycles. The number of likely N-dealkylation sites (N-methyl/N-ethyl adjacent to an activating group) is 1. The van der Waals surface area contributed by atoms with Crippen molar-refractivity contribution < 1.29 is 14.7 Å². The predicted molar refractivity (Wildman–Crippen MR) is 133 cm³/mol. The molecule has 5 nitrogen and oxygen atoms in total. The lowest BCUT2D eigenvalue weighted by Crippen LogP contribution is -2.56. The molecule has 0 spiro atoms. The average Bonchev–Trinajstić information content (AvgIpc) is 2.69. The summed E-state index contributed by atoms with van der Waals surface area (Å²) < 4.78 is 0. The minimum Gasteiger partial charge on any atom is -0.478 e. The molecule has 0 aliphatic heterocycles. The van der Waals surface area contributed by atoms with E-state index in [1.165, 1.54) is 0 Å². The monoisotopic (exact) mass is 442 g/mol. The van der Waals surface area contributed by atoms with E-state index in [2.05, 4.69) is 59.1 Å². The smallest absolute Gasteiger partial charge is 0.330 e. The normalized spacial score (nSPS) is 16.1. The number of aliphatic carboxylic acids is 1. The van der Waals surface area contributed by atoms with Gasteiger partial charge in [-0.3, -0.25) is 4.79 Å². The Hall–Kier alpha value is -2.40. The van der Waals surface area contributed by atoms with Crippen molar-refractivity contribution in [3.63, 3.8) is 0 Å². The summed E-state index contributed by atoms with van der Waals surface area (Å²) in [5.41, 5.74) is 0.790. The van der Waals surface area contributed by atoms with Gasteiger partial charge in [-0.15, -0.1) is 0 Å². The molecule has 0 bridgehead atoms. The first-order valence-electron chi connectivity index (χ1n) is 11.3. The predicted octanol–water partition coefficient (Wildman–Crippen LogP) is 4.94. The lowest BCUT2D eigenvalue weighted by molar-refractivity contribution is -0.132. The van der Waals surface area contributed by atoms with Crippen molar-refractivity contribution >= 4 is 11.9 Å². The second kappa shape index (κ2) is 11.5. The minimum absolute atomic E-state index is 0.0336. The number of carboxylic acids is 1. The van der Waals surface area contributed by atoms with Gasteiger partial charge in [0.1, 0.15) is 0 Å². The first-order chi connectivity index (χ1) is 14.7. The van der Waals surface area contributed by atoms with E-state index in [9.17, 15) is 14.7 Å². The van der Waals surface area contributed by atoms with Crippen molar-refractivity contribution in [2.75, 3.05) is 7.05 Å². The van der Waals surface area contributed by atoms with Crippen LogP contribution >= 0.6 is 0 Å². The van der Waals surface area contributed by atoms with Crippen LogP contribution in [0.15, 0.2) is 54.1 Å². The van der Waals surface area contributed by atoms with Gasteiger partial charge in [-0.05, 0) is 36.8 Å². The number of carbonyl (C=O) groups excluding carboxylic acids is 1. The molecule has 1 rings (SSSR count). The zero-order chi connectivity index (χ0) is 24.7. The number of rotatable bonds is 10. The molecular formula is C27H42N2O3. The first-order valence-corrected chi connectivity index (χ1v) is 11.3. The van der Waals surface area contributed by atoms with Gasteiger partial charge in [0, 0.05) is 11.0 Å². The highest BCUT2D eigenvalue weighted by Crippen LogP contribution is 2.28. The number of nitrogens with one attached hydrogen (secondary N) is 2. The molecule has 0 heterocycles. The lowest BCUT2D eigenvalue weighted by Gasteiger charge is -2.37. The van der Waals surface area contributed by atoms with E-state index in [-0.39, 0.29) is 29.2 Å². The van der Waals surface area contributed by atoms with Crippen molar-refractivity contribution in [1.82, 2.24) is 10.6 Å². The van der Waals surface area contributed by atoms with Crippen LogP contribution < -0.4 is 10.6 Å². The second-order valence-corrected chi connectivity index (χ2v) is 10.5. The third kappa shape index (κ3) is 7.63. The van der Waals surface area contributed by atoms with Crippen LogP contribution in [0.1, 0.15) is 61.0 Å². The number of hydrogen-bond acceptors (Lipinski definition) is 3. The second-order valence-electron chi connectivity index (χ2n) is 10.5. The Morgan fingerprint density at radius 3 is 2.00 bits per heavy atom. The zero-order valence-corrected chi connectivity index (χ0v) is 21.2. The number of benzene rings is 1. The molecule has 1 aromatic rings. The number of amides is 1. The van der Waals surface area contributed by atoms with Gasteiger partial charge >= 0.3 is 5.97 Å². The van der Waals surface area contributed by atoms with Crippen molar-refractivity contribution in [2.45, 2.75) is 72.9 Å². The maximum absolute atomic E-state index is 13.4. The van der Waals surface area contributed by atoms with Crippen LogP contribution in [0.25, 0.3) is 0 Å². The Kier molecular flexibility index (Phi) is 9.90. The van der Waals surface area contributed by atoms with Crippen molar-refractivity contribution in [3.05, 3.63) is 59.7 Å². The molecule has 32 heavy (non-hydrogen) atoms. The molecule has 1 amide bonds. The molecule has 0 fully saturated rings. The lowest BCUT2D eigenvalue weighted by atomic mass is 9.76. The van der Waals surface area contributed by atoms with Gasteiger partial charge in [0.25, 0.3) is 0 Å². The molecule has 0 saturated carbocycles. The van der Waals surface area contributed by atoms with E-state index in [0.29, 0.717) is 5.57 Å². The highest BCUT2D eigenvalue weighted by molar-refractivity contribution is 5.86. The van der Waals surface area contributed by atoms with E-state index in [0.717, 1.165) is 5.56 Å². The molecule has 0 aliphatic rings. The van der Waals surface area contributed by atoms with Crippen LogP contribution in [0.5, 0.6) is 0 Å². The van der Waals surface area contributed by atoms with Gasteiger partial charge < -0.3 is 15.7 Å². The Labute approximate surface area is 194 Å². The van der Waals surface area contributed by atoms with Gasteiger partial charge in [-0.1, -0.05) is 97.0 Å². The fourth-order valence-electron chi connectivity index (χ4n) is 3.71. The fourth-order valence-corrected chi connectivity index (χ4v) is 3.71. The van der Waals surface area contributed by atoms with Crippen LogP contribution in [0.2, 0.25) is 0 Å². The highest BCUT2D eigenvalue weighted by atomic mass is 16.4. The largest absolute Gasteiger partial charge is 0.478 e. The maximum atomic E-state index is 13.4. The summed E-state index contributed by atoms with van der Waals surface area (Å²) >= 11 is 0. The topological polar surface area (TPSA) is 78.4 Å². The zero-order valence-electron chi connectivity index (χ0n) is 21.2. The highest BCUT2D eigenvalue weighted by Gasteiger charge is 2.37. The Morgan fingerprint density at radius 1 is 1.00 bits per heavy atom. The average molecular weight is 443 g/mol. The van der Waals surface area contributed by atoms with Gasteiger partial charge in [-0.2, -0.15) is 0 Å². The quantitative estimate of drug-likeness (QED) is 0.354. The molecule has 0 saturated heterocycles. The molecular weight excluding hydrogens is 400 g/mol. The van der Waals surface area contributed by atoms with Crippen LogP contribution in [-0.2, 0) is 15.0 Å². The molecule has 5 heteroatoms. The maximum Gasteiger partial charge on any atom is 0.330 e. The molecule has 0 aromatic heterocycles. The third-order valence-electron chi connectivity index (χ3n) is 6.10. The summed E-state index contributed by atoms with van der Waals surface area (Å²) in [6.07, 6.45) is 5.81. The Morgan fingerprint density at radius 2 is 1.56 bits per heavy atom. The standard InChI is InChI=1S/C27H42N2O3/c1-18(2)20(17-19(3)25(31)32)15-16-22(26(4,5)6)29-24(30)23(28-9)27(7,8)21-13-11-10-12-14-21/h10-18,20,22-23,28H,1-9H3,(H,29,30)(H,31,32)/b16-15+,19-17+/t20?,22-,23-/m1/s1. The fraction of sp³-hybridized carbons (Fsp3) is 0.556. The van der Waals surface area contributed by atoms with E-state index < -0.39 is 17.4 Å². The number of allylic oxidation sites excluding steroid dienone is 2. The van der Waals surface area contributed by atoms with Gasteiger partial charge in [-0.25, -0.2) is 4.79 Å². The summed E-state index contributed by atoms with van der Waals surface area (Å²) in [5, 5.41) is 15.7. The minimum atomic E-state index is -0.912. The Balaban J connectivity index is 3.18.